The van der Waals surface area contributed by atoms with E-state index in [1.807, 2.05) is 35.2 Å². The zero-order valence-corrected chi connectivity index (χ0v) is 15.3. The van der Waals surface area contributed by atoms with Crippen LogP contribution >= 0.6 is 0 Å². The number of aromatic nitrogens is 2. The Hall–Kier alpha value is -3.21. The number of anilines is 1. The van der Waals surface area contributed by atoms with Crippen molar-refractivity contribution >= 4 is 11.7 Å². The van der Waals surface area contributed by atoms with Crippen LogP contribution in [-0.2, 0) is 13.0 Å². The molecule has 4 rings (SSSR count). The quantitative estimate of drug-likeness (QED) is 0.770. The molecule has 1 amide bonds. The third-order valence-corrected chi connectivity index (χ3v) is 4.97. The molecule has 5 nitrogen and oxygen atoms in total. The monoisotopic (exact) mass is 358 g/mol. The minimum absolute atomic E-state index is 0.0534. The van der Waals surface area contributed by atoms with Gasteiger partial charge in [0.15, 0.2) is 0 Å². The highest BCUT2D eigenvalue weighted by Gasteiger charge is 2.22. The Kier molecular flexibility index (Phi) is 4.83. The molecule has 1 atom stereocenters. The van der Waals surface area contributed by atoms with E-state index in [9.17, 15) is 4.79 Å². The van der Waals surface area contributed by atoms with Crippen molar-refractivity contribution in [2.75, 3.05) is 11.9 Å². The highest BCUT2D eigenvalue weighted by Crippen LogP contribution is 2.21. The van der Waals surface area contributed by atoms with Crippen molar-refractivity contribution in [1.82, 2.24) is 14.9 Å². The zero-order valence-electron chi connectivity index (χ0n) is 15.3. The lowest BCUT2D eigenvalue weighted by Crippen LogP contribution is -2.36. The summed E-state index contributed by atoms with van der Waals surface area (Å²) in [6.07, 6.45) is 2.33. The van der Waals surface area contributed by atoms with Crippen molar-refractivity contribution < 1.29 is 4.79 Å². The van der Waals surface area contributed by atoms with Crippen LogP contribution in [-0.4, -0.2) is 27.3 Å². The molecule has 0 saturated carbocycles. The number of nitrogens with zero attached hydrogens (tertiary/aromatic N) is 3. The van der Waals surface area contributed by atoms with E-state index in [2.05, 4.69) is 46.5 Å². The van der Waals surface area contributed by atoms with Crippen molar-refractivity contribution in [3.8, 4) is 0 Å². The van der Waals surface area contributed by atoms with E-state index in [-0.39, 0.29) is 11.9 Å². The molecule has 1 aromatic heterocycles. The van der Waals surface area contributed by atoms with E-state index in [1.165, 1.54) is 17.5 Å². The molecule has 0 spiro atoms. The molecule has 1 aliphatic heterocycles. The lowest BCUT2D eigenvalue weighted by Gasteiger charge is -2.28. The molecule has 27 heavy (non-hydrogen) atoms. The molecule has 0 bridgehead atoms. The Bertz CT molecular complexity index is 942. The fraction of sp³-hybridized carbons (Fsp3) is 0.227. The summed E-state index contributed by atoms with van der Waals surface area (Å²) >= 11 is 0. The number of carbonyl (C=O) groups is 1. The molecule has 2 heterocycles. The van der Waals surface area contributed by atoms with Crippen LogP contribution in [0.2, 0.25) is 0 Å². The third kappa shape index (κ3) is 3.82. The first-order valence-corrected chi connectivity index (χ1v) is 9.20. The maximum atomic E-state index is 12.9. The van der Waals surface area contributed by atoms with E-state index in [1.54, 1.807) is 6.07 Å². The highest BCUT2D eigenvalue weighted by molar-refractivity contribution is 5.93. The van der Waals surface area contributed by atoms with Gasteiger partial charge < -0.3 is 10.2 Å². The van der Waals surface area contributed by atoms with Crippen LogP contribution in [0.15, 0.2) is 67.0 Å². The van der Waals surface area contributed by atoms with Gasteiger partial charge in [-0.25, -0.2) is 9.97 Å². The van der Waals surface area contributed by atoms with Crippen molar-refractivity contribution in [2.24, 2.45) is 0 Å². The van der Waals surface area contributed by atoms with Crippen molar-refractivity contribution in [3.05, 3.63) is 89.4 Å². The van der Waals surface area contributed by atoms with E-state index in [4.69, 9.17) is 0 Å². The standard InChI is InChI=1S/C22H22N4O/c1-16(17-7-3-2-4-8-17)25-21-13-20(23-15-24-21)22(27)26-12-11-18-9-5-6-10-19(18)14-26/h2-10,13,15-16H,11-12,14H2,1H3,(H,23,24,25). The summed E-state index contributed by atoms with van der Waals surface area (Å²) in [5, 5.41) is 3.35. The van der Waals surface area contributed by atoms with Gasteiger partial charge in [-0.05, 0) is 30.0 Å². The smallest absolute Gasteiger partial charge is 0.272 e. The minimum Gasteiger partial charge on any atom is -0.363 e. The number of rotatable bonds is 4. The number of nitrogens with one attached hydrogen (secondary N) is 1. The fourth-order valence-corrected chi connectivity index (χ4v) is 3.43. The summed E-state index contributed by atoms with van der Waals surface area (Å²) in [7, 11) is 0. The van der Waals surface area contributed by atoms with E-state index in [0.717, 1.165) is 12.0 Å². The van der Waals surface area contributed by atoms with Gasteiger partial charge in [-0.3, -0.25) is 4.79 Å². The van der Waals surface area contributed by atoms with Gasteiger partial charge in [0, 0.05) is 25.2 Å². The lowest BCUT2D eigenvalue weighted by atomic mass is 10.00. The Morgan fingerprint density at radius 1 is 1.04 bits per heavy atom. The van der Waals surface area contributed by atoms with Gasteiger partial charge in [0.05, 0.1) is 0 Å². The van der Waals surface area contributed by atoms with Crippen LogP contribution in [0.25, 0.3) is 0 Å². The number of carbonyl (C=O) groups excluding carboxylic acids is 1. The number of hydrogen-bond donors (Lipinski definition) is 1. The summed E-state index contributed by atoms with van der Waals surface area (Å²) in [6.45, 7) is 3.41. The van der Waals surface area contributed by atoms with Crippen LogP contribution in [0.1, 0.15) is 40.1 Å². The summed E-state index contributed by atoms with van der Waals surface area (Å²) in [5.41, 5.74) is 4.12. The zero-order chi connectivity index (χ0) is 18.6. The molecule has 136 valence electrons. The Morgan fingerprint density at radius 2 is 1.78 bits per heavy atom. The summed E-state index contributed by atoms with van der Waals surface area (Å²) in [5.74, 6) is 0.601. The number of fused-ring (bicyclic) bond motifs is 1. The van der Waals surface area contributed by atoms with E-state index >= 15 is 0 Å². The predicted octanol–water partition coefficient (Wildman–Crippen LogP) is 3.85. The first-order chi connectivity index (χ1) is 13.2. The molecular formula is C22H22N4O. The molecule has 0 saturated heterocycles. The first-order valence-electron chi connectivity index (χ1n) is 9.20. The van der Waals surface area contributed by atoms with Crippen LogP contribution < -0.4 is 5.32 Å². The largest absolute Gasteiger partial charge is 0.363 e. The van der Waals surface area contributed by atoms with Gasteiger partial charge in [0.1, 0.15) is 17.8 Å². The summed E-state index contributed by atoms with van der Waals surface area (Å²) in [4.78, 5) is 23.3. The number of amides is 1. The lowest BCUT2D eigenvalue weighted by molar-refractivity contribution is 0.0728. The minimum atomic E-state index is -0.0534. The van der Waals surface area contributed by atoms with Crippen LogP contribution in [0.3, 0.4) is 0 Å². The third-order valence-electron chi connectivity index (χ3n) is 4.97. The molecule has 1 unspecified atom stereocenters. The number of hydrogen-bond acceptors (Lipinski definition) is 4. The van der Waals surface area contributed by atoms with Crippen LogP contribution in [0, 0.1) is 0 Å². The molecule has 0 aliphatic carbocycles. The maximum Gasteiger partial charge on any atom is 0.272 e. The molecule has 2 aromatic carbocycles. The SMILES string of the molecule is CC(Nc1cc(C(=O)N2CCc3ccccc3C2)ncn1)c1ccccc1. The predicted molar refractivity (Wildman–Crippen MR) is 105 cm³/mol. The van der Waals surface area contributed by atoms with Gasteiger partial charge in [0.2, 0.25) is 0 Å². The van der Waals surface area contributed by atoms with E-state index < -0.39 is 0 Å². The second-order valence-electron chi connectivity index (χ2n) is 6.81. The van der Waals surface area contributed by atoms with Gasteiger partial charge in [-0.2, -0.15) is 0 Å². The van der Waals surface area contributed by atoms with E-state index in [0.29, 0.717) is 24.6 Å². The average molecular weight is 358 g/mol. The van der Waals surface area contributed by atoms with Gasteiger partial charge in [-0.1, -0.05) is 54.6 Å². The van der Waals surface area contributed by atoms with Crippen molar-refractivity contribution in [1.29, 1.82) is 0 Å². The Morgan fingerprint density at radius 3 is 2.59 bits per heavy atom. The summed E-state index contributed by atoms with van der Waals surface area (Å²) < 4.78 is 0. The Balaban J connectivity index is 1.48. The molecule has 1 aliphatic rings. The van der Waals surface area contributed by atoms with Gasteiger partial charge >= 0.3 is 0 Å². The molecule has 1 N–H and O–H groups in total. The first kappa shape index (κ1) is 17.2. The Labute approximate surface area is 159 Å². The maximum absolute atomic E-state index is 12.9. The van der Waals surface area contributed by atoms with Gasteiger partial charge in [-0.15, -0.1) is 0 Å². The summed E-state index contributed by atoms with van der Waals surface area (Å²) in [6, 6.07) is 20.3. The van der Waals surface area contributed by atoms with Crippen molar-refractivity contribution in [2.45, 2.75) is 25.9 Å². The molecule has 0 fully saturated rings. The van der Waals surface area contributed by atoms with Crippen LogP contribution in [0.4, 0.5) is 5.82 Å². The molecule has 5 heteroatoms. The second kappa shape index (κ2) is 7.58. The van der Waals surface area contributed by atoms with Crippen LogP contribution in [0.5, 0.6) is 0 Å². The second-order valence-corrected chi connectivity index (χ2v) is 6.81. The van der Waals surface area contributed by atoms with Gasteiger partial charge in [0.25, 0.3) is 5.91 Å². The number of benzene rings is 2. The molecular weight excluding hydrogens is 336 g/mol. The highest BCUT2D eigenvalue weighted by atomic mass is 16.2. The normalized spacial score (nSPS) is 14.3. The molecule has 0 radical (unpaired) electrons. The average Bonchev–Trinajstić information content (AvgIpc) is 2.73. The van der Waals surface area contributed by atoms with Crippen molar-refractivity contribution in [3.63, 3.8) is 0 Å². The molecule has 3 aromatic rings. The fourth-order valence-electron chi connectivity index (χ4n) is 3.43. The topological polar surface area (TPSA) is 58.1 Å².